The van der Waals surface area contributed by atoms with E-state index in [0.29, 0.717) is 17.5 Å². The average Bonchev–Trinajstić information content (AvgIpc) is 3.20. The molecule has 3 aromatic rings. The molecular weight excluding hydrogens is 336 g/mol. The minimum Gasteiger partial charge on any atom is -0.372 e. The normalized spacial score (nSPS) is 11.0. The Balaban J connectivity index is 1.74. The number of aryl methyl sites for hydroxylation is 1. The molecule has 0 amide bonds. The van der Waals surface area contributed by atoms with Crippen LogP contribution in [0.15, 0.2) is 33.9 Å². The lowest BCUT2D eigenvalue weighted by atomic mass is 10.2. The maximum Gasteiger partial charge on any atom is 0.223 e. The first-order valence-corrected chi connectivity index (χ1v) is 9.27. The maximum atomic E-state index is 4.99. The number of anilines is 1. The van der Waals surface area contributed by atoms with Crippen LogP contribution in [0.25, 0.3) is 11.4 Å². The number of rotatable bonds is 7. The summed E-state index contributed by atoms with van der Waals surface area (Å²) in [6.07, 6.45) is 0. The van der Waals surface area contributed by atoms with Crippen LogP contribution in [0.4, 0.5) is 5.69 Å². The Labute approximate surface area is 151 Å². The van der Waals surface area contributed by atoms with Crippen LogP contribution in [0.1, 0.15) is 25.6 Å². The van der Waals surface area contributed by atoms with Gasteiger partial charge in [-0.15, -0.1) is 10.2 Å². The van der Waals surface area contributed by atoms with Crippen molar-refractivity contribution in [3.8, 4) is 11.4 Å². The summed E-state index contributed by atoms with van der Waals surface area (Å²) < 4.78 is 6.98. The predicted molar refractivity (Wildman–Crippen MR) is 98.6 cm³/mol. The summed E-state index contributed by atoms with van der Waals surface area (Å²) in [6.45, 7) is 8.10. The Bertz CT molecular complexity index is 822. The van der Waals surface area contributed by atoms with Gasteiger partial charge in [0, 0.05) is 38.3 Å². The molecule has 0 fully saturated rings. The number of nitrogens with zero attached hydrogens (tertiary/aromatic N) is 6. The van der Waals surface area contributed by atoms with Gasteiger partial charge < -0.3 is 14.0 Å². The summed E-state index contributed by atoms with van der Waals surface area (Å²) >= 11 is 1.54. The highest BCUT2D eigenvalue weighted by atomic mass is 32.2. The number of benzene rings is 1. The van der Waals surface area contributed by atoms with Crippen molar-refractivity contribution in [1.29, 1.82) is 0 Å². The average molecular weight is 358 g/mol. The zero-order chi connectivity index (χ0) is 17.8. The highest BCUT2D eigenvalue weighted by Crippen LogP contribution is 2.26. The first kappa shape index (κ1) is 17.5. The van der Waals surface area contributed by atoms with Crippen molar-refractivity contribution in [2.45, 2.75) is 31.7 Å². The minimum atomic E-state index is 0.572. The molecule has 3 rings (SSSR count). The standard InChI is InChI=1S/C17H22N6OS/c1-5-23(6-2)14-9-7-13(8-10-14)16-19-20-17(22(16)4)25-11-15-18-12(3)24-21-15/h7-10H,5-6,11H2,1-4H3. The van der Waals surface area contributed by atoms with E-state index in [9.17, 15) is 0 Å². The molecule has 0 atom stereocenters. The van der Waals surface area contributed by atoms with Gasteiger partial charge in [-0.25, -0.2) is 0 Å². The maximum absolute atomic E-state index is 4.99. The molecule has 0 N–H and O–H groups in total. The molecule has 0 saturated carbocycles. The molecule has 0 spiro atoms. The van der Waals surface area contributed by atoms with Gasteiger partial charge in [0.2, 0.25) is 5.89 Å². The molecule has 0 bridgehead atoms. The second kappa shape index (κ2) is 7.69. The van der Waals surface area contributed by atoms with E-state index >= 15 is 0 Å². The van der Waals surface area contributed by atoms with Gasteiger partial charge >= 0.3 is 0 Å². The molecule has 1 aromatic carbocycles. The summed E-state index contributed by atoms with van der Waals surface area (Å²) in [6, 6.07) is 8.45. The Morgan fingerprint density at radius 1 is 1.12 bits per heavy atom. The van der Waals surface area contributed by atoms with Gasteiger partial charge in [-0.1, -0.05) is 16.9 Å². The van der Waals surface area contributed by atoms with E-state index in [2.05, 4.69) is 63.4 Å². The summed E-state index contributed by atoms with van der Waals surface area (Å²) in [5.41, 5.74) is 2.27. The molecule has 0 aliphatic carbocycles. The highest BCUT2D eigenvalue weighted by molar-refractivity contribution is 7.98. The quantitative estimate of drug-likeness (QED) is 0.600. The van der Waals surface area contributed by atoms with Crippen LogP contribution in [0, 0.1) is 6.92 Å². The Kier molecular flexibility index (Phi) is 5.37. The highest BCUT2D eigenvalue weighted by Gasteiger charge is 2.13. The van der Waals surface area contributed by atoms with Crippen LogP contribution in [0.5, 0.6) is 0 Å². The number of hydrogen-bond acceptors (Lipinski definition) is 7. The lowest BCUT2D eigenvalue weighted by Crippen LogP contribution is -2.21. The molecule has 0 radical (unpaired) electrons. The van der Waals surface area contributed by atoms with Crippen LogP contribution in [-0.4, -0.2) is 38.0 Å². The van der Waals surface area contributed by atoms with Crippen molar-refractivity contribution >= 4 is 17.4 Å². The number of aromatic nitrogens is 5. The largest absolute Gasteiger partial charge is 0.372 e. The monoisotopic (exact) mass is 358 g/mol. The van der Waals surface area contributed by atoms with Gasteiger partial charge in [0.1, 0.15) is 0 Å². The van der Waals surface area contributed by atoms with Gasteiger partial charge in [0.25, 0.3) is 0 Å². The van der Waals surface area contributed by atoms with E-state index in [-0.39, 0.29) is 0 Å². The van der Waals surface area contributed by atoms with Crippen molar-refractivity contribution in [3.63, 3.8) is 0 Å². The van der Waals surface area contributed by atoms with E-state index in [4.69, 9.17) is 4.52 Å². The van der Waals surface area contributed by atoms with Crippen molar-refractivity contribution in [2.24, 2.45) is 7.05 Å². The van der Waals surface area contributed by atoms with Crippen LogP contribution in [0.3, 0.4) is 0 Å². The Morgan fingerprint density at radius 3 is 2.44 bits per heavy atom. The zero-order valence-corrected chi connectivity index (χ0v) is 15.7. The lowest BCUT2D eigenvalue weighted by molar-refractivity contribution is 0.389. The van der Waals surface area contributed by atoms with Crippen LogP contribution in [-0.2, 0) is 12.8 Å². The molecule has 8 heteroatoms. The summed E-state index contributed by atoms with van der Waals surface area (Å²) in [5.74, 6) is 2.68. The lowest BCUT2D eigenvalue weighted by Gasteiger charge is -2.21. The van der Waals surface area contributed by atoms with E-state index in [1.165, 1.54) is 5.69 Å². The SMILES string of the molecule is CCN(CC)c1ccc(-c2nnc(SCc3noc(C)n3)n2C)cc1. The third kappa shape index (κ3) is 3.84. The first-order valence-electron chi connectivity index (χ1n) is 8.29. The summed E-state index contributed by atoms with van der Waals surface area (Å²) in [5, 5.41) is 13.3. The van der Waals surface area contributed by atoms with Crippen LogP contribution in [0.2, 0.25) is 0 Å². The molecule has 132 valence electrons. The van der Waals surface area contributed by atoms with Crippen LogP contribution < -0.4 is 4.90 Å². The molecule has 7 nitrogen and oxygen atoms in total. The molecule has 0 unspecified atom stereocenters. The van der Waals surface area contributed by atoms with Crippen molar-refractivity contribution in [1.82, 2.24) is 24.9 Å². The van der Waals surface area contributed by atoms with E-state index in [1.54, 1.807) is 18.7 Å². The third-order valence-corrected chi connectivity index (χ3v) is 5.01. The van der Waals surface area contributed by atoms with Gasteiger partial charge in [0.15, 0.2) is 16.8 Å². The molecule has 2 aromatic heterocycles. The Morgan fingerprint density at radius 2 is 1.84 bits per heavy atom. The van der Waals surface area contributed by atoms with E-state index in [0.717, 1.165) is 29.6 Å². The zero-order valence-electron chi connectivity index (χ0n) is 14.9. The van der Waals surface area contributed by atoms with E-state index < -0.39 is 0 Å². The summed E-state index contributed by atoms with van der Waals surface area (Å²) in [4.78, 5) is 6.52. The first-order chi connectivity index (χ1) is 12.1. The smallest absolute Gasteiger partial charge is 0.223 e. The van der Waals surface area contributed by atoms with Crippen LogP contribution >= 0.6 is 11.8 Å². The van der Waals surface area contributed by atoms with Crippen molar-refractivity contribution in [2.75, 3.05) is 18.0 Å². The fourth-order valence-electron chi connectivity index (χ4n) is 2.63. The molecule has 0 aliphatic heterocycles. The summed E-state index contributed by atoms with van der Waals surface area (Å²) in [7, 11) is 1.97. The second-order valence-corrected chi connectivity index (χ2v) is 6.55. The molecular formula is C17H22N6OS. The van der Waals surface area contributed by atoms with Crippen molar-refractivity contribution < 1.29 is 4.52 Å². The molecule has 0 saturated heterocycles. The minimum absolute atomic E-state index is 0.572. The topological polar surface area (TPSA) is 72.9 Å². The van der Waals surface area contributed by atoms with Gasteiger partial charge in [-0.3, -0.25) is 0 Å². The second-order valence-electron chi connectivity index (χ2n) is 5.60. The van der Waals surface area contributed by atoms with Gasteiger partial charge in [-0.05, 0) is 38.1 Å². The third-order valence-electron chi connectivity index (χ3n) is 3.99. The fourth-order valence-corrected chi connectivity index (χ4v) is 3.39. The number of hydrogen-bond donors (Lipinski definition) is 0. The molecule has 25 heavy (non-hydrogen) atoms. The van der Waals surface area contributed by atoms with E-state index in [1.807, 2.05) is 11.6 Å². The van der Waals surface area contributed by atoms with Gasteiger partial charge in [-0.2, -0.15) is 4.98 Å². The predicted octanol–water partition coefficient (Wildman–Crippen LogP) is 3.31. The Hall–Kier alpha value is -2.35. The molecule has 2 heterocycles. The molecule has 0 aliphatic rings. The van der Waals surface area contributed by atoms with Gasteiger partial charge in [0.05, 0.1) is 5.75 Å². The number of thioether (sulfide) groups is 1. The van der Waals surface area contributed by atoms with Crippen molar-refractivity contribution in [3.05, 3.63) is 36.0 Å². The fraction of sp³-hybridized carbons (Fsp3) is 0.412.